The minimum absolute atomic E-state index is 0.0777. The van der Waals surface area contributed by atoms with Gasteiger partial charge in [0.25, 0.3) is 0 Å². The Labute approximate surface area is 125 Å². The maximum Gasteiger partial charge on any atom is 0.234 e. The Balaban J connectivity index is 2.07. The largest absolute Gasteiger partial charge is 0.353 e. The molecule has 20 heavy (non-hydrogen) atoms. The van der Waals surface area contributed by atoms with Crippen molar-refractivity contribution in [2.24, 2.45) is 0 Å². The third-order valence-electron chi connectivity index (χ3n) is 3.38. The lowest BCUT2D eigenvalue weighted by molar-refractivity contribution is -0.123. The maximum atomic E-state index is 12.0. The number of benzene rings is 1. The van der Waals surface area contributed by atoms with Crippen molar-refractivity contribution in [3.8, 4) is 0 Å². The maximum absolute atomic E-state index is 12.0. The molecule has 110 valence electrons. The molecule has 1 unspecified atom stereocenters. The molecule has 0 spiro atoms. The number of halogens is 1. The van der Waals surface area contributed by atoms with E-state index in [1.54, 1.807) is 0 Å². The van der Waals surface area contributed by atoms with E-state index in [0.29, 0.717) is 6.54 Å². The van der Waals surface area contributed by atoms with E-state index in [4.69, 9.17) is 11.6 Å². The van der Waals surface area contributed by atoms with Gasteiger partial charge in [-0.1, -0.05) is 23.7 Å². The second-order valence-electron chi connectivity index (χ2n) is 5.47. The van der Waals surface area contributed by atoms with E-state index in [-0.39, 0.29) is 18.0 Å². The fourth-order valence-electron chi connectivity index (χ4n) is 2.53. The normalized spacial score (nSPS) is 20.1. The Bertz CT molecular complexity index is 464. The monoisotopic (exact) mass is 295 g/mol. The van der Waals surface area contributed by atoms with Crippen LogP contribution in [0.15, 0.2) is 24.3 Å². The van der Waals surface area contributed by atoms with Crippen LogP contribution >= 0.6 is 11.6 Å². The van der Waals surface area contributed by atoms with Gasteiger partial charge in [-0.15, -0.1) is 0 Å². The highest BCUT2D eigenvalue weighted by molar-refractivity contribution is 6.30. The molecule has 0 radical (unpaired) electrons. The SMILES string of the molecule is CC(C)NC(=O)CN1CCNCC1c1cccc(Cl)c1. The van der Waals surface area contributed by atoms with Crippen LogP contribution in [0.1, 0.15) is 25.5 Å². The minimum atomic E-state index is 0.0777. The molecule has 1 heterocycles. The molecule has 1 atom stereocenters. The van der Waals surface area contributed by atoms with Gasteiger partial charge in [0.05, 0.1) is 6.54 Å². The molecule has 0 aliphatic carbocycles. The van der Waals surface area contributed by atoms with Gasteiger partial charge < -0.3 is 10.6 Å². The minimum Gasteiger partial charge on any atom is -0.353 e. The molecular formula is C15H22ClN3O. The first kappa shape index (κ1) is 15.3. The number of nitrogens with one attached hydrogen (secondary N) is 2. The van der Waals surface area contributed by atoms with Crippen molar-refractivity contribution in [3.05, 3.63) is 34.9 Å². The summed E-state index contributed by atoms with van der Waals surface area (Å²) in [6, 6.07) is 8.24. The summed E-state index contributed by atoms with van der Waals surface area (Å²) in [5, 5.41) is 7.06. The van der Waals surface area contributed by atoms with Crippen molar-refractivity contribution in [1.82, 2.24) is 15.5 Å². The summed E-state index contributed by atoms with van der Waals surface area (Å²) in [5.74, 6) is 0.0777. The summed E-state index contributed by atoms with van der Waals surface area (Å²) in [5.41, 5.74) is 1.15. The van der Waals surface area contributed by atoms with Crippen LogP contribution in [0.25, 0.3) is 0 Å². The molecule has 1 fully saturated rings. The molecular weight excluding hydrogens is 274 g/mol. The third kappa shape index (κ3) is 4.20. The first-order valence-corrected chi connectivity index (χ1v) is 7.43. The zero-order valence-corrected chi connectivity index (χ0v) is 12.8. The first-order valence-electron chi connectivity index (χ1n) is 7.06. The molecule has 0 aromatic heterocycles. The van der Waals surface area contributed by atoms with Gasteiger partial charge in [0.2, 0.25) is 5.91 Å². The van der Waals surface area contributed by atoms with Crippen molar-refractivity contribution in [3.63, 3.8) is 0 Å². The van der Waals surface area contributed by atoms with Gasteiger partial charge in [-0.3, -0.25) is 9.69 Å². The highest BCUT2D eigenvalue weighted by atomic mass is 35.5. The lowest BCUT2D eigenvalue weighted by Crippen LogP contribution is -2.50. The molecule has 2 rings (SSSR count). The smallest absolute Gasteiger partial charge is 0.234 e. The molecule has 5 heteroatoms. The van der Waals surface area contributed by atoms with E-state index in [9.17, 15) is 4.79 Å². The molecule has 1 aliphatic heterocycles. The fourth-order valence-corrected chi connectivity index (χ4v) is 2.73. The van der Waals surface area contributed by atoms with E-state index in [0.717, 1.165) is 30.2 Å². The molecule has 1 aliphatic rings. The van der Waals surface area contributed by atoms with E-state index in [1.807, 2.05) is 32.0 Å². The molecule has 1 aromatic carbocycles. The van der Waals surface area contributed by atoms with Crippen molar-refractivity contribution >= 4 is 17.5 Å². The summed E-state index contributed by atoms with van der Waals surface area (Å²) in [7, 11) is 0. The molecule has 1 saturated heterocycles. The standard InChI is InChI=1S/C15H22ClN3O/c1-11(2)18-15(20)10-19-7-6-17-9-14(19)12-4-3-5-13(16)8-12/h3-5,8,11,14,17H,6-7,9-10H2,1-2H3,(H,18,20). The van der Waals surface area contributed by atoms with Crippen LogP contribution in [0.4, 0.5) is 0 Å². The van der Waals surface area contributed by atoms with Gasteiger partial charge in [0, 0.05) is 36.7 Å². The number of hydrogen-bond donors (Lipinski definition) is 2. The van der Waals surface area contributed by atoms with Gasteiger partial charge in [0.15, 0.2) is 0 Å². The second kappa shape index (κ2) is 7.07. The Kier molecular flexibility index (Phi) is 5.40. The van der Waals surface area contributed by atoms with Crippen LogP contribution < -0.4 is 10.6 Å². The van der Waals surface area contributed by atoms with Crippen molar-refractivity contribution in [2.45, 2.75) is 25.9 Å². The van der Waals surface area contributed by atoms with Gasteiger partial charge in [-0.25, -0.2) is 0 Å². The second-order valence-corrected chi connectivity index (χ2v) is 5.90. The zero-order valence-electron chi connectivity index (χ0n) is 12.0. The predicted molar refractivity (Wildman–Crippen MR) is 81.9 cm³/mol. The number of amides is 1. The Morgan fingerprint density at radius 1 is 1.55 bits per heavy atom. The summed E-state index contributed by atoms with van der Waals surface area (Å²) >= 11 is 6.07. The van der Waals surface area contributed by atoms with E-state index >= 15 is 0 Å². The molecule has 2 N–H and O–H groups in total. The quantitative estimate of drug-likeness (QED) is 0.890. The number of rotatable bonds is 4. The number of carbonyl (C=O) groups excluding carboxylic acids is 1. The van der Waals surface area contributed by atoms with Crippen molar-refractivity contribution in [2.75, 3.05) is 26.2 Å². The molecule has 1 aromatic rings. The summed E-state index contributed by atoms with van der Waals surface area (Å²) < 4.78 is 0. The number of nitrogens with zero attached hydrogens (tertiary/aromatic N) is 1. The highest BCUT2D eigenvalue weighted by Crippen LogP contribution is 2.24. The lowest BCUT2D eigenvalue weighted by Gasteiger charge is -2.36. The fraction of sp³-hybridized carbons (Fsp3) is 0.533. The number of hydrogen-bond acceptors (Lipinski definition) is 3. The molecule has 0 saturated carbocycles. The van der Waals surface area contributed by atoms with Gasteiger partial charge >= 0.3 is 0 Å². The van der Waals surface area contributed by atoms with Crippen LogP contribution in [-0.4, -0.2) is 43.0 Å². The van der Waals surface area contributed by atoms with E-state index < -0.39 is 0 Å². The van der Waals surface area contributed by atoms with Crippen LogP contribution in [0, 0.1) is 0 Å². The van der Waals surface area contributed by atoms with Crippen molar-refractivity contribution in [1.29, 1.82) is 0 Å². The summed E-state index contributed by atoms with van der Waals surface area (Å²) in [4.78, 5) is 14.2. The molecule has 1 amide bonds. The summed E-state index contributed by atoms with van der Waals surface area (Å²) in [6.45, 7) is 7.00. The Morgan fingerprint density at radius 2 is 2.35 bits per heavy atom. The average molecular weight is 296 g/mol. The third-order valence-corrected chi connectivity index (χ3v) is 3.62. The average Bonchev–Trinajstić information content (AvgIpc) is 2.38. The van der Waals surface area contributed by atoms with Gasteiger partial charge in [-0.05, 0) is 31.5 Å². The number of piperazine rings is 1. The number of carbonyl (C=O) groups is 1. The van der Waals surface area contributed by atoms with Crippen LogP contribution in [-0.2, 0) is 4.79 Å². The van der Waals surface area contributed by atoms with Gasteiger partial charge in [-0.2, -0.15) is 0 Å². The van der Waals surface area contributed by atoms with Crippen LogP contribution in [0.2, 0.25) is 5.02 Å². The lowest BCUT2D eigenvalue weighted by atomic mass is 10.0. The van der Waals surface area contributed by atoms with Crippen LogP contribution in [0.5, 0.6) is 0 Å². The first-order chi connectivity index (χ1) is 9.56. The zero-order chi connectivity index (χ0) is 14.5. The Morgan fingerprint density at radius 3 is 3.05 bits per heavy atom. The predicted octanol–water partition coefficient (Wildman–Crippen LogP) is 1.81. The van der Waals surface area contributed by atoms with E-state index in [2.05, 4.69) is 21.6 Å². The van der Waals surface area contributed by atoms with Gasteiger partial charge in [0.1, 0.15) is 0 Å². The van der Waals surface area contributed by atoms with Crippen molar-refractivity contribution < 1.29 is 4.79 Å². The molecule has 4 nitrogen and oxygen atoms in total. The van der Waals surface area contributed by atoms with E-state index in [1.165, 1.54) is 0 Å². The Hall–Kier alpha value is -1.10. The summed E-state index contributed by atoms with van der Waals surface area (Å²) in [6.07, 6.45) is 0. The topological polar surface area (TPSA) is 44.4 Å². The highest BCUT2D eigenvalue weighted by Gasteiger charge is 2.25. The molecule has 0 bridgehead atoms. The van der Waals surface area contributed by atoms with Crippen LogP contribution in [0.3, 0.4) is 0 Å².